The molecule has 0 aliphatic carbocycles. The molecular formula is C28H32BN5O5. The molecule has 1 aromatic heterocycles. The van der Waals surface area contributed by atoms with E-state index in [1.807, 2.05) is 62.4 Å². The van der Waals surface area contributed by atoms with Gasteiger partial charge in [0, 0.05) is 25.1 Å². The first-order valence-corrected chi connectivity index (χ1v) is 13.2. The summed E-state index contributed by atoms with van der Waals surface area (Å²) in [5.41, 5.74) is 3.05. The Morgan fingerprint density at radius 1 is 1.10 bits per heavy atom. The number of aromatic nitrogens is 2. The average molecular weight is 529 g/mol. The lowest BCUT2D eigenvalue weighted by Gasteiger charge is -2.28. The van der Waals surface area contributed by atoms with E-state index in [0.717, 1.165) is 35.1 Å². The molecule has 0 amide bonds. The van der Waals surface area contributed by atoms with E-state index in [1.165, 1.54) is 0 Å². The third-order valence-electron chi connectivity index (χ3n) is 7.58. The van der Waals surface area contributed by atoms with Crippen LogP contribution in [0.3, 0.4) is 0 Å². The van der Waals surface area contributed by atoms with E-state index in [9.17, 15) is 10.1 Å². The second-order valence-electron chi connectivity index (χ2n) is 10.7. The van der Waals surface area contributed by atoms with Crippen molar-refractivity contribution in [3.63, 3.8) is 0 Å². The zero-order valence-electron chi connectivity index (χ0n) is 22.1. The summed E-state index contributed by atoms with van der Waals surface area (Å²) in [6.45, 7) is 5.52. The predicted octanol–water partition coefficient (Wildman–Crippen LogP) is 2.64. The van der Waals surface area contributed by atoms with Crippen molar-refractivity contribution in [3.8, 4) is 0 Å². The molecule has 0 unspecified atom stereocenters. The number of aliphatic imine (C=N–C) groups is 1. The van der Waals surface area contributed by atoms with Crippen LogP contribution in [0.2, 0.25) is 0 Å². The average Bonchev–Trinajstić information content (AvgIpc) is 3.44. The summed E-state index contributed by atoms with van der Waals surface area (Å²) in [5.74, 6) is 1.35. The van der Waals surface area contributed by atoms with Gasteiger partial charge in [-0.25, -0.2) is 9.98 Å². The lowest BCUT2D eigenvalue weighted by atomic mass is 9.78. The molecule has 0 bridgehead atoms. The van der Waals surface area contributed by atoms with Crippen molar-refractivity contribution in [2.24, 2.45) is 4.99 Å². The number of nitrogens with one attached hydrogen (secondary N) is 2. The first-order valence-electron chi connectivity index (χ1n) is 13.2. The fourth-order valence-electron chi connectivity index (χ4n) is 5.33. The maximum atomic E-state index is 10.2. The number of anilines is 3. The van der Waals surface area contributed by atoms with Crippen molar-refractivity contribution >= 4 is 35.9 Å². The molecule has 1 fully saturated rings. The summed E-state index contributed by atoms with van der Waals surface area (Å²) in [4.78, 5) is 14.3. The Morgan fingerprint density at radius 3 is 2.67 bits per heavy atom. The van der Waals surface area contributed by atoms with Crippen LogP contribution in [0.1, 0.15) is 49.4 Å². The Hall–Kier alpha value is -3.51. The van der Waals surface area contributed by atoms with E-state index in [2.05, 4.69) is 15.6 Å². The van der Waals surface area contributed by atoms with Gasteiger partial charge in [-0.3, -0.25) is 0 Å². The van der Waals surface area contributed by atoms with Gasteiger partial charge in [0.25, 0.3) is 0 Å². The zero-order valence-corrected chi connectivity index (χ0v) is 22.1. The van der Waals surface area contributed by atoms with E-state index >= 15 is 0 Å². The van der Waals surface area contributed by atoms with Gasteiger partial charge in [-0.05, 0) is 55.4 Å². The molecular weight excluding hydrogens is 497 g/mol. The normalized spacial score (nSPS) is 19.8. The van der Waals surface area contributed by atoms with Gasteiger partial charge in [0.05, 0.1) is 23.8 Å². The highest BCUT2D eigenvalue weighted by atomic mass is 16.5. The molecule has 202 valence electrons. The molecule has 1 spiro atoms. The number of rotatable bonds is 7. The molecule has 0 radical (unpaired) electrons. The number of aliphatic hydroxyl groups is 1. The van der Waals surface area contributed by atoms with Crippen LogP contribution < -0.4 is 16.1 Å². The summed E-state index contributed by atoms with van der Waals surface area (Å²) < 4.78 is 17.3. The quantitative estimate of drug-likeness (QED) is 0.341. The number of nitrogens with zero attached hydrogens (tertiary/aromatic N) is 3. The lowest BCUT2D eigenvalue weighted by Crippen LogP contribution is -2.35. The van der Waals surface area contributed by atoms with Crippen molar-refractivity contribution in [1.82, 2.24) is 9.97 Å². The molecule has 2 aromatic carbocycles. The van der Waals surface area contributed by atoms with E-state index < -0.39 is 18.8 Å². The summed E-state index contributed by atoms with van der Waals surface area (Å²) in [7, 11) is -0.949. The minimum Gasteiger partial charge on any atom is -0.475 e. The third kappa shape index (κ3) is 5.10. The molecule has 10 nitrogen and oxygen atoms in total. The maximum absolute atomic E-state index is 10.2. The third-order valence-corrected chi connectivity index (χ3v) is 7.58. The van der Waals surface area contributed by atoms with E-state index in [4.69, 9.17) is 24.1 Å². The molecule has 3 aromatic rings. The highest BCUT2D eigenvalue weighted by Gasteiger charge is 2.41. The molecule has 3 aliphatic rings. The number of aliphatic hydroxyl groups excluding tert-OH is 1. The number of benzene rings is 2. The molecule has 11 heteroatoms. The lowest BCUT2D eigenvalue weighted by molar-refractivity contribution is 0.0442. The zero-order chi connectivity index (χ0) is 27.0. The minimum atomic E-state index is -0.949. The Balaban J connectivity index is 1.34. The van der Waals surface area contributed by atoms with E-state index in [-0.39, 0.29) is 12.1 Å². The van der Waals surface area contributed by atoms with Gasteiger partial charge in [-0.1, -0.05) is 36.4 Å². The van der Waals surface area contributed by atoms with Gasteiger partial charge < -0.3 is 34.9 Å². The Kier molecular flexibility index (Phi) is 6.76. The van der Waals surface area contributed by atoms with Crippen LogP contribution in [-0.2, 0) is 19.7 Å². The van der Waals surface area contributed by atoms with Gasteiger partial charge in [-0.2, -0.15) is 4.98 Å². The fraction of sp³-hybridized carbons (Fsp3) is 0.393. The number of fused-ring (bicyclic) bond motifs is 1. The second kappa shape index (κ2) is 10.2. The monoisotopic (exact) mass is 529 g/mol. The minimum absolute atomic E-state index is 0.132. The Morgan fingerprint density at radius 2 is 1.90 bits per heavy atom. The summed E-state index contributed by atoms with van der Waals surface area (Å²) >= 11 is 0. The highest BCUT2D eigenvalue weighted by Crippen LogP contribution is 2.34. The summed E-state index contributed by atoms with van der Waals surface area (Å²) in [5, 5.41) is 27.1. The SMILES string of the molecule is CC1(C)OB(O)c2ccc(Nc3ncc(C4=NC5(CCOCC5)CO4)c(N[C@H](CO)c4ccccc4)n3)cc21. The van der Waals surface area contributed by atoms with Crippen LogP contribution in [-0.4, -0.2) is 65.1 Å². The van der Waals surface area contributed by atoms with Crippen molar-refractivity contribution in [3.05, 3.63) is 71.4 Å². The topological polar surface area (TPSA) is 130 Å². The molecule has 4 N–H and O–H groups in total. The molecule has 1 saturated heterocycles. The van der Waals surface area contributed by atoms with Crippen molar-refractivity contribution in [2.45, 2.75) is 43.9 Å². The molecule has 3 aliphatic heterocycles. The van der Waals surface area contributed by atoms with E-state index in [1.54, 1.807) is 6.20 Å². The molecule has 0 saturated carbocycles. The second-order valence-corrected chi connectivity index (χ2v) is 10.7. The number of hydrogen-bond acceptors (Lipinski definition) is 10. The van der Waals surface area contributed by atoms with Crippen LogP contribution in [0.4, 0.5) is 17.5 Å². The van der Waals surface area contributed by atoms with Gasteiger partial charge >= 0.3 is 7.12 Å². The van der Waals surface area contributed by atoms with Gasteiger partial charge in [0.1, 0.15) is 18.0 Å². The largest absolute Gasteiger partial charge is 0.492 e. The molecule has 39 heavy (non-hydrogen) atoms. The predicted molar refractivity (Wildman–Crippen MR) is 149 cm³/mol. The number of hydrogen-bond donors (Lipinski definition) is 4. The summed E-state index contributed by atoms with van der Waals surface area (Å²) in [6, 6.07) is 15.0. The van der Waals surface area contributed by atoms with E-state index in [0.29, 0.717) is 43.0 Å². The van der Waals surface area contributed by atoms with Crippen LogP contribution >= 0.6 is 0 Å². The highest BCUT2D eigenvalue weighted by molar-refractivity contribution is 6.62. The Bertz CT molecular complexity index is 1380. The molecule has 6 rings (SSSR count). The van der Waals surface area contributed by atoms with Crippen LogP contribution in [0.15, 0.2) is 59.7 Å². The first kappa shape index (κ1) is 25.8. The van der Waals surface area contributed by atoms with Crippen molar-refractivity contribution < 1.29 is 24.3 Å². The summed E-state index contributed by atoms with van der Waals surface area (Å²) in [6.07, 6.45) is 3.30. The maximum Gasteiger partial charge on any atom is 0.492 e. The molecule has 1 atom stereocenters. The van der Waals surface area contributed by atoms with Gasteiger partial charge in [0.15, 0.2) is 0 Å². The van der Waals surface area contributed by atoms with Crippen molar-refractivity contribution in [1.29, 1.82) is 0 Å². The van der Waals surface area contributed by atoms with Crippen LogP contribution in [0.25, 0.3) is 0 Å². The van der Waals surface area contributed by atoms with Gasteiger partial charge in [-0.15, -0.1) is 0 Å². The molecule has 4 heterocycles. The van der Waals surface area contributed by atoms with Crippen molar-refractivity contribution in [2.75, 3.05) is 37.1 Å². The first-order chi connectivity index (χ1) is 18.9. The standard InChI is InChI=1S/C28H32BN5O5/c1-27(2)21-14-19(8-9-22(21)29(36)39-27)31-26-30-15-20(25-34-28(17-38-25)10-12-37-13-11-28)24(33-26)32-23(16-35)18-6-4-3-5-7-18/h3-9,14-15,23,35-36H,10-13,16-17H2,1-2H3,(H2,30,31,32,33)/t23-/m1/s1. The number of ether oxygens (including phenoxy) is 2. The Labute approximate surface area is 227 Å². The fourth-order valence-corrected chi connectivity index (χ4v) is 5.33. The smallest absolute Gasteiger partial charge is 0.475 e. The van der Waals surface area contributed by atoms with Crippen LogP contribution in [0.5, 0.6) is 0 Å². The van der Waals surface area contributed by atoms with Gasteiger partial charge in [0.2, 0.25) is 11.8 Å². The van der Waals surface area contributed by atoms with Crippen LogP contribution in [0, 0.1) is 0 Å².